The van der Waals surface area contributed by atoms with Gasteiger partial charge in [-0.2, -0.15) is 0 Å². The van der Waals surface area contributed by atoms with E-state index in [-0.39, 0.29) is 5.91 Å². The van der Waals surface area contributed by atoms with Crippen molar-refractivity contribution < 1.29 is 4.79 Å². The number of nitrogens with zero attached hydrogens (tertiary/aromatic N) is 4. The van der Waals surface area contributed by atoms with Crippen LogP contribution in [0.5, 0.6) is 0 Å². The zero-order chi connectivity index (χ0) is 15.2. The Morgan fingerprint density at radius 2 is 1.68 bits per heavy atom. The van der Waals surface area contributed by atoms with Crippen molar-refractivity contribution in [2.45, 2.75) is 0 Å². The largest absolute Gasteiger partial charge is 0.324 e. The third kappa shape index (κ3) is 3.40. The number of aromatic nitrogens is 4. The van der Waals surface area contributed by atoms with Crippen LogP contribution < -0.4 is 10.6 Å². The molecule has 0 fully saturated rings. The predicted molar refractivity (Wildman–Crippen MR) is 81.7 cm³/mol. The maximum absolute atomic E-state index is 12.1. The van der Waals surface area contributed by atoms with Crippen LogP contribution in [0.25, 0.3) is 0 Å². The molecule has 2 N–H and O–H groups in total. The second-order valence-corrected chi connectivity index (χ2v) is 4.32. The van der Waals surface area contributed by atoms with Crippen LogP contribution in [0.3, 0.4) is 0 Å². The maximum Gasteiger partial charge on any atom is 0.256 e. The second kappa shape index (κ2) is 6.40. The highest BCUT2D eigenvalue weighted by atomic mass is 16.1. The number of rotatable bonds is 4. The van der Waals surface area contributed by atoms with Gasteiger partial charge in [0.1, 0.15) is 0 Å². The van der Waals surface area contributed by atoms with Gasteiger partial charge in [0.25, 0.3) is 5.91 Å². The molecule has 0 aliphatic rings. The first-order chi connectivity index (χ1) is 10.8. The van der Waals surface area contributed by atoms with Gasteiger partial charge in [-0.1, -0.05) is 0 Å². The maximum atomic E-state index is 12.1. The van der Waals surface area contributed by atoms with E-state index in [0.29, 0.717) is 17.3 Å². The molecule has 0 aliphatic heterocycles. The van der Waals surface area contributed by atoms with E-state index in [2.05, 4.69) is 30.6 Å². The summed E-state index contributed by atoms with van der Waals surface area (Å²) in [5.74, 6) is 0.662. The van der Waals surface area contributed by atoms with Crippen LogP contribution in [0.1, 0.15) is 10.4 Å². The summed E-state index contributed by atoms with van der Waals surface area (Å²) >= 11 is 0. The van der Waals surface area contributed by atoms with E-state index in [0.717, 1.165) is 5.69 Å². The number of hydrogen-bond acceptors (Lipinski definition) is 6. The van der Waals surface area contributed by atoms with Gasteiger partial charge in [0.2, 0.25) is 5.95 Å². The lowest BCUT2D eigenvalue weighted by Gasteiger charge is -2.06. The Labute approximate surface area is 126 Å². The summed E-state index contributed by atoms with van der Waals surface area (Å²) in [5, 5.41) is 5.71. The van der Waals surface area contributed by atoms with Crippen LogP contribution in [0.15, 0.2) is 61.3 Å². The standard InChI is InChI=1S/C15H12N6O/c22-14(21-13-10-16-8-9-17-13)11-2-4-12(5-3-11)20-15-18-6-1-7-19-15/h1-10H,(H,17,21,22)(H,18,19,20). The molecule has 2 heterocycles. The summed E-state index contributed by atoms with van der Waals surface area (Å²) in [6.45, 7) is 0. The van der Waals surface area contributed by atoms with Crippen molar-refractivity contribution >= 4 is 23.4 Å². The summed E-state index contributed by atoms with van der Waals surface area (Å²) in [5.41, 5.74) is 1.31. The van der Waals surface area contributed by atoms with E-state index >= 15 is 0 Å². The molecule has 22 heavy (non-hydrogen) atoms. The third-order valence-electron chi connectivity index (χ3n) is 2.77. The second-order valence-electron chi connectivity index (χ2n) is 4.32. The van der Waals surface area contributed by atoms with Crippen molar-refractivity contribution in [1.29, 1.82) is 0 Å². The lowest BCUT2D eigenvalue weighted by Crippen LogP contribution is -2.12. The summed E-state index contributed by atoms with van der Waals surface area (Å²) in [7, 11) is 0. The summed E-state index contributed by atoms with van der Waals surface area (Å²) in [4.78, 5) is 28.1. The zero-order valence-corrected chi connectivity index (χ0v) is 11.5. The molecule has 0 aliphatic carbocycles. The normalized spacial score (nSPS) is 10.0. The van der Waals surface area contributed by atoms with Gasteiger partial charge in [-0.25, -0.2) is 15.0 Å². The van der Waals surface area contributed by atoms with Gasteiger partial charge in [-0.05, 0) is 30.3 Å². The van der Waals surface area contributed by atoms with Crippen molar-refractivity contribution in [3.8, 4) is 0 Å². The first-order valence-electron chi connectivity index (χ1n) is 6.53. The van der Waals surface area contributed by atoms with Crippen molar-refractivity contribution in [2.24, 2.45) is 0 Å². The van der Waals surface area contributed by atoms with Gasteiger partial charge in [0, 0.05) is 36.0 Å². The molecular formula is C15H12N6O. The minimum atomic E-state index is -0.247. The van der Waals surface area contributed by atoms with Crippen molar-refractivity contribution in [3.05, 3.63) is 66.9 Å². The molecule has 0 saturated carbocycles. The first-order valence-corrected chi connectivity index (χ1v) is 6.53. The molecule has 0 atom stereocenters. The van der Waals surface area contributed by atoms with Gasteiger partial charge in [-0.15, -0.1) is 0 Å². The monoisotopic (exact) mass is 292 g/mol. The Morgan fingerprint density at radius 3 is 2.36 bits per heavy atom. The number of carbonyl (C=O) groups excluding carboxylic acids is 1. The summed E-state index contributed by atoms with van der Waals surface area (Å²) in [6.07, 6.45) is 7.85. The molecule has 3 aromatic rings. The van der Waals surface area contributed by atoms with Crippen molar-refractivity contribution in [2.75, 3.05) is 10.6 Å². The fourth-order valence-corrected chi connectivity index (χ4v) is 1.75. The molecule has 0 saturated heterocycles. The predicted octanol–water partition coefficient (Wildman–Crippen LogP) is 2.26. The minimum Gasteiger partial charge on any atom is -0.324 e. The van der Waals surface area contributed by atoms with Crippen LogP contribution in [0, 0.1) is 0 Å². The summed E-state index contributed by atoms with van der Waals surface area (Å²) in [6, 6.07) is 8.71. The van der Waals surface area contributed by atoms with E-state index in [9.17, 15) is 4.79 Å². The number of carbonyl (C=O) groups is 1. The molecule has 0 unspecified atom stereocenters. The number of anilines is 3. The average Bonchev–Trinajstić information content (AvgIpc) is 2.57. The Balaban J connectivity index is 1.67. The smallest absolute Gasteiger partial charge is 0.256 e. The van der Waals surface area contributed by atoms with Crippen LogP contribution in [0.2, 0.25) is 0 Å². The van der Waals surface area contributed by atoms with E-state index in [1.54, 1.807) is 48.9 Å². The number of benzene rings is 1. The van der Waals surface area contributed by atoms with Crippen LogP contribution in [-0.4, -0.2) is 25.8 Å². The highest BCUT2D eigenvalue weighted by molar-refractivity contribution is 6.03. The lowest BCUT2D eigenvalue weighted by atomic mass is 10.2. The molecule has 3 rings (SSSR count). The third-order valence-corrected chi connectivity index (χ3v) is 2.77. The van der Waals surface area contributed by atoms with E-state index in [4.69, 9.17) is 0 Å². The fraction of sp³-hybridized carbons (Fsp3) is 0. The molecule has 108 valence electrons. The van der Waals surface area contributed by atoms with Crippen LogP contribution in [0.4, 0.5) is 17.5 Å². The molecule has 0 radical (unpaired) electrons. The van der Waals surface area contributed by atoms with Gasteiger partial charge in [0.15, 0.2) is 5.82 Å². The highest BCUT2D eigenvalue weighted by Gasteiger charge is 2.07. The van der Waals surface area contributed by atoms with Gasteiger partial charge >= 0.3 is 0 Å². The number of nitrogens with one attached hydrogen (secondary N) is 2. The van der Waals surface area contributed by atoms with Crippen LogP contribution >= 0.6 is 0 Å². The Morgan fingerprint density at radius 1 is 0.909 bits per heavy atom. The van der Waals surface area contributed by atoms with E-state index in [1.807, 2.05) is 0 Å². The molecule has 1 aromatic carbocycles. The lowest BCUT2D eigenvalue weighted by molar-refractivity contribution is 0.102. The summed E-state index contributed by atoms with van der Waals surface area (Å²) < 4.78 is 0. The molecule has 7 heteroatoms. The number of hydrogen-bond donors (Lipinski definition) is 2. The Hall–Kier alpha value is -3.35. The SMILES string of the molecule is O=C(Nc1cnccn1)c1ccc(Nc2ncccn2)cc1. The van der Waals surface area contributed by atoms with Gasteiger partial charge in [0.05, 0.1) is 6.20 Å². The molecule has 2 aromatic heterocycles. The van der Waals surface area contributed by atoms with E-state index < -0.39 is 0 Å². The van der Waals surface area contributed by atoms with Crippen LogP contribution in [-0.2, 0) is 0 Å². The molecule has 0 bridgehead atoms. The van der Waals surface area contributed by atoms with Crippen molar-refractivity contribution in [1.82, 2.24) is 19.9 Å². The van der Waals surface area contributed by atoms with Crippen molar-refractivity contribution in [3.63, 3.8) is 0 Å². The fourth-order valence-electron chi connectivity index (χ4n) is 1.75. The Kier molecular flexibility index (Phi) is 3.96. The first kappa shape index (κ1) is 13.6. The average molecular weight is 292 g/mol. The molecule has 0 spiro atoms. The van der Waals surface area contributed by atoms with E-state index in [1.165, 1.54) is 12.4 Å². The highest BCUT2D eigenvalue weighted by Crippen LogP contribution is 2.14. The molecular weight excluding hydrogens is 280 g/mol. The van der Waals surface area contributed by atoms with Gasteiger partial charge in [-0.3, -0.25) is 9.78 Å². The Bertz CT molecular complexity index is 746. The minimum absolute atomic E-state index is 0.247. The molecule has 7 nitrogen and oxygen atoms in total. The molecule has 1 amide bonds. The zero-order valence-electron chi connectivity index (χ0n) is 11.5. The van der Waals surface area contributed by atoms with Gasteiger partial charge < -0.3 is 10.6 Å². The number of amides is 1. The quantitative estimate of drug-likeness (QED) is 0.766. The topological polar surface area (TPSA) is 92.7 Å².